The Morgan fingerprint density at radius 2 is 1.86 bits per heavy atom. The Morgan fingerprint density at radius 3 is 2.52 bits per heavy atom. The lowest BCUT2D eigenvalue weighted by Gasteiger charge is -2.20. The van der Waals surface area contributed by atoms with Gasteiger partial charge >= 0.3 is 0 Å². The third-order valence-corrected chi connectivity index (χ3v) is 3.63. The Kier molecular flexibility index (Phi) is 2.20. The molecule has 0 atom stereocenters. The van der Waals surface area contributed by atoms with Crippen LogP contribution in [-0.2, 0) is 11.8 Å². The highest BCUT2D eigenvalue weighted by molar-refractivity contribution is 5.69. The van der Waals surface area contributed by atoms with E-state index in [0.29, 0.717) is 11.1 Å². The van der Waals surface area contributed by atoms with Gasteiger partial charge in [-0.1, -0.05) is 76.9 Å². The molecule has 0 nitrogen and oxygen atoms in total. The monoisotopic (exact) mass is 289 g/mol. The van der Waals surface area contributed by atoms with Gasteiger partial charge in [-0.3, -0.25) is 0 Å². The van der Waals surface area contributed by atoms with Gasteiger partial charge in [0.1, 0.15) is 0 Å². The van der Waals surface area contributed by atoms with Crippen LogP contribution in [0.1, 0.15) is 63.5 Å². The number of hydrogen-bond donors (Lipinski definition) is 0. The van der Waals surface area contributed by atoms with Crippen molar-refractivity contribution < 1.29 is 12.3 Å². The summed E-state index contributed by atoms with van der Waals surface area (Å²) in [6.45, 7) is 1.14. The van der Waals surface area contributed by atoms with E-state index in [1.54, 1.807) is 19.1 Å². The molecule has 2 aromatic rings. The standard InChI is InChI=1S/C21H28/c1-15(2)13-17-9-8-12-20(16(17)3)18-10-7-11-19(14-18)21(4,5)6/h7-12,14-15H,13H2,1-6H3/i1D3,2D3,13D2,15D. The fourth-order valence-corrected chi connectivity index (χ4v) is 2.37. The van der Waals surface area contributed by atoms with Crippen LogP contribution in [0.4, 0.5) is 0 Å². The quantitative estimate of drug-likeness (QED) is 0.635. The van der Waals surface area contributed by atoms with E-state index in [-0.39, 0.29) is 11.0 Å². The topological polar surface area (TPSA) is 0 Å². The van der Waals surface area contributed by atoms with Crippen LogP contribution in [0.5, 0.6) is 0 Å². The third-order valence-electron chi connectivity index (χ3n) is 3.63. The van der Waals surface area contributed by atoms with Gasteiger partial charge in [0.05, 0.1) is 0 Å². The Labute approximate surface area is 142 Å². The van der Waals surface area contributed by atoms with Crippen LogP contribution in [0.2, 0.25) is 0 Å². The molecule has 112 valence electrons. The van der Waals surface area contributed by atoms with E-state index in [4.69, 9.17) is 12.3 Å². The minimum absolute atomic E-state index is 0.102. The first kappa shape index (κ1) is 7.63. The first-order valence-corrected chi connectivity index (χ1v) is 7.07. The van der Waals surface area contributed by atoms with Crippen molar-refractivity contribution in [2.45, 2.75) is 53.2 Å². The van der Waals surface area contributed by atoms with Crippen molar-refractivity contribution >= 4 is 0 Å². The Bertz CT molecular complexity index is 901. The van der Waals surface area contributed by atoms with Gasteiger partial charge in [0.25, 0.3) is 0 Å². The van der Waals surface area contributed by atoms with Crippen molar-refractivity contribution in [1.29, 1.82) is 0 Å². The molecular weight excluding hydrogens is 252 g/mol. The average molecular weight is 290 g/mol. The normalized spacial score (nSPS) is 20.7. The van der Waals surface area contributed by atoms with Gasteiger partial charge in [0.15, 0.2) is 0 Å². The highest BCUT2D eigenvalue weighted by atomic mass is 14.2. The molecule has 0 heteroatoms. The molecule has 0 aliphatic carbocycles. The molecule has 0 radical (unpaired) electrons. The molecule has 0 aliphatic heterocycles. The van der Waals surface area contributed by atoms with Crippen molar-refractivity contribution in [3.8, 4) is 11.1 Å². The first-order valence-electron chi connectivity index (χ1n) is 11.6. The van der Waals surface area contributed by atoms with E-state index >= 15 is 0 Å². The maximum absolute atomic E-state index is 8.53. The van der Waals surface area contributed by atoms with E-state index in [1.807, 2.05) is 24.3 Å². The minimum atomic E-state index is -3.36. The van der Waals surface area contributed by atoms with Gasteiger partial charge in [-0.2, -0.15) is 0 Å². The molecule has 0 saturated heterocycles. The zero-order valence-corrected chi connectivity index (χ0v) is 13.0. The van der Waals surface area contributed by atoms with Crippen LogP contribution in [0, 0.1) is 12.8 Å². The summed E-state index contributed by atoms with van der Waals surface area (Å²) in [5.41, 5.74) is 2.76. The summed E-state index contributed by atoms with van der Waals surface area (Å²) in [7, 11) is 0. The first-order chi connectivity index (χ1) is 13.4. The molecule has 0 saturated carbocycles. The molecule has 21 heavy (non-hydrogen) atoms. The molecule has 0 bridgehead atoms. The van der Waals surface area contributed by atoms with Crippen LogP contribution >= 0.6 is 0 Å². The van der Waals surface area contributed by atoms with Gasteiger partial charge in [-0.15, -0.1) is 0 Å². The maximum Gasteiger partial charge on any atom is 0.0319 e. The highest BCUT2D eigenvalue weighted by Gasteiger charge is 2.15. The van der Waals surface area contributed by atoms with E-state index in [9.17, 15) is 0 Å². The molecule has 0 heterocycles. The van der Waals surface area contributed by atoms with Crippen LogP contribution in [0.15, 0.2) is 42.5 Å². The summed E-state index contributed by atoms with van der Waals surface area (Å²) in [5.74, 6) is -3.33. The molecule has 0 amide bonds. The molecule has 0 N–H and O–H groups in total. The highest BCUT2D eigenvalue weighted by Crippen LogP contribution is 2.31. The third kappa shape index (κ3) is 3.75. The van der Waals surface area contributed by atoms with Crippen molar-refractivity contribution in [3.05, 3.63) is 59.2 Å². The van der Waals surface area contributed by atoms with Crippen molar-refractivity contribution in [2.75, 3.05) is 0 Å². The zero-order chi connectivity index (χ0) is 23.3. The summed E-state index contributed by atoms with van der Waals surface area (Å²) in [6, 6.07) is 12.5. The fourth-order valence-electron chi connectivity index (χ4n) is 2.37. The summed E-state index contributed by atoms with van der Waals surface area (Å²) < 4.78 is 71.5. The van der Waals surface area contributed by atoms with Gasteiger partial charge < -0.3 is 0 Å². The smallest absolute Gasteiger partial charge is 0.0319 e. The van der Waals surface area contributed by atoms with Gasteiger partial charge in [0, 0.05) is 12.3 Å². The van der Waals surface area contributed by atoms with Crippen molar-refractivity contribution in [3.63, 3.8) is 0 Å². The predicted octanol–water partition coefficient (Wildman–Crippen LogP) is 6.16. The number of rotatable bonds is 3. The van der Waals surface area contributed by atoms with Crippen molar-refractivity contribution in [1.82, 2.24) is 0 Å². The Morgan fingerprint density at radius 1 is 1.14 bits per heavy atom. The summed E-state index contributed by atoms with van der Waals surface area (Å²) >= 11 is 0. The fraction of sp³-hybridized carbons (Fsp3) is 0.429. The van der Waals surface area contributed by atoms with Crippen LogP contribution < -0.4 is 0 Å². The summed E-state index contributed by atoms with van der Waals surface area (Å²) in [4.78, 5) is 0. The molecular formula is C21H28. The van der Waals surface area contributed by atoms with Crippen LogP contribution in [0.25, 0.3) is 11.1 Å². The zero-order valence-electron chi connectivity index (χ0n) is 22.0. The molecule has 2 aromatic carbocycles. The molecule has 0 aliphatic rings. The number of benzene rings is 2. The molecule has 0 aromatic heterocycles. The number of hydrogen-bond acceptors (Lipinski definition) is 0. The Hall–Kier alpha value is -1.56. The van der Waals surface area contributed by atoms with E-state index in [2.05, 4.69) is 20.8 Å². The second-order valence-electron chi connectivity index (χ2n) is 6.31. The molecule has 0 unspecified atom stereocenters. The predicted molar refractivity (Wildman–Crippen MR) is 93.9 cm³/mol. The van der Waals surface area contributed by atoms with Crippen molar-refractivity contribution in [2.24, 2.45) is 5.89 Å². The SMILES string of the molecule is [2H]C([2H])([2H])C([2H])(C([2H])([2H])[2H])C([2H])([2H])c1cccc(-c2cccc(C(C)(C)C)c2)c1C. The lowest BCUT2D eigenvalue weighted by Crippen LogP contribution is -2.10. The van der Waals surface area contributed by atoms with Gasteiger partial charge in [-0.05, 0) is 52.4 Å². The van der Waals surface area contributed by atoms with E-state index in [0.717, 1.165) is 11.1 Å². The van der Waals surface area contributed by atoms with E-state index < -0.39 is 26.0 Å². The maximum atomic E-state index is 8.53. The molecule has 2 rings (SSSR count). The summed E-state index contributed by atoms with van der Waals surface area (Å²) in [6.07, 6.45) is -2.95. The van der Waals surface area contributed by atoms with Crippen LogP contribution in [0.3, 0.4) is 0 Å². The van der Waals surface area contributed by atoms with Gasteiger partial charge in [0.2, 0.25) is 0 Å². The lowest BCUT2D eigenvalue weighted by atomic mass is 9.84. The minimum Gasteiger partial charge on any atom is -0.0625 e. The largest absolute Gasteiger partial charge is 0.0625 e. The van der Waals surface area contributed by atoms with Gasteiger partial charge in [-0.25, -0.2) is 0 Å². The molecule has 0 spiro atoms. The van der Waals surface area contributed by atoms with Crippen LogP contribution in [-0.4, -0.2) is 0 Å². The second kappa shape index (κ2) is 6.05. The average Bonchev–Trinajstić information content (AvgIpc) is 2.58. The molecule has 0 fully saturated rings. The summed E-state index contributed by atoms with van der Waals surface area (Å²) in [5, 5.41) is 0. The van der Waals surface area contributed by atoms with E-state index in [1.165, 1.54) is 6.07 Å². The Balaban J connectivity index is 2.75. The lowest BCUT2D eigenvalue weighted by molar-refractivity contribution is 0.590. The second-order valence-corrected chi connectivity index (χ2v) is 6.31.